The Balaban J connectivity index is 3.71. The molecule has 1 atom stereocenters. The average Bonchev–Trinajstić information content (AvgIpc) is 2.17. The number of hydrogen-bond acceptors (Lipinski definition) is 2. The van der Waals surface area contributed by atoms with E-state index in [0.29, 0.717) is 16.5 Å². The van der Waals surface area contributed by atoms with Gasteiger partial charge in [-0.25, -0.2) is 0 Å². The Kier molecular flexibility index (Phi) is 8.78. The van der Waals surface area contributed by atoms with Gasteiger partial charge in [0.05, 0.1) is 5.75 Å². The van der Waals surface area contributed by atoms with Crippen LogP contribution in [0.3, 0.4) is 0 Å². The molecule has 0 aromatic carbocycles. The predicted octanol–water partition coefficient (Wildman–Crippen LogP) is 2.67. The second-order valence-electron chi connectivity index (χ2n) is 3.33. The summed E-state index contributed by atoms with van der Waals surface area (Å²) in [5, 5.41) is 2.93. The zero-order valence-electron chi connectivity index (χ0n) is 9.18. The maximum Gasteiger partial charge on any atom is 0.230 e. The molecule has 2 nitrogen and oxygen atoms in total. The van der Waals surface area contributed by atoms with Crippen molar-refractivity contribution in [2.75, 3.05) is 18.6 Å². The monoisotopic (exact) mass is 281 g/mol. The first-order valence-electron chi connectivity index (χ1n) is 5.05. The molecule has 0 heterocycles. The van der Waals surface area contributed by atoms with Crippen molar-refractivity contribution in [3.8, 4) is 0 Å². The van der Waals surface area contributed by atoms with Gasteiger partial charge in [0.2, 0.25) is 5.91 Å². The van der Waals surface area contributed by atoms with Crippen molar-refractivity contribution in [3.05, 3.63) is 0 Å². The van der Waals surface area contributed by atoms with Crippen LogP contribution in [0.25, 0.3) is 0 Å². The predicted molar refractivity (Wildman–Crippen MR) is 68.2 cm³/mol. The summed E-state index contributed by atoms with van der Waals surface area (Å²) in [4.78, 5) is 11.6. The van der Waals surface area contributed by atoms with E-state index < -0.39 is 0 Å². The molecule has 84 valence electrons. The zero-order valence-corrected chi connectivity index (χ0v) is 11.6. The molecule has 0 radical (unpaired) electrons. The van der Waals surface area contributed by atoms with E-state index >= 15 is 0 Å². The Morgan fingerprint density at radius 1 is 1.43 bits per heavy atom. The minimum Gasteiger partial charge on any atom is -0.354 e. The molecule has 14 heavy (non-hydrogen) atoms. The van der Waals surface area contributed by atoms with Gasteiger partial charge in [0.1, 0.15) is 0 Å². The topological polar surface area (TPSA) is 29.1 Å². The minimum absolute atomic E-state index is 0.132. The number of carbonyl (C=O) groups is 1. The van der Waals surface area contributed by atoms with Gasteiger partial charge >= 0.3 is 0 Å². The first-order valence-corrected chi connectivity index (χ1v) is 7.36. The highest BCUT2D eigenvalue weighted by atomic mass is 79.9. The number of nitrogens with one attached hydrogen (secondary N) is 1. The second kappa shape index (κ2) is 8.60. The number of alkyl halides is 1. The van der Waals surface area contributed by atoms with Crippen molar-refractivity contribution in [2.45, 2.75) is 31.5 Å². The zero-order chi connectivity index (χ0) is 11.0. The Bertz CT molecular complexity index is 162. The van der Waals surface area contributed by atoms with Crippen LogP contribution >= 0.6 is 27.7 Å². The molecular weight excluding hydrogens is 262 g/mol. The smallest absolute Gasteiger partial charge is 0.230 e. The molecule has 1 unspecified atom stereocenters. The highest BCUT2D eigenvalue weighted by Gasteiger charge is 2.15. The molecule has 0 saturated carbocycles. The number of carbonyl (C=O) groups excluding carboxylic acids is 1. The lowest BCUT2D eigenvalue weighted by Crippen LogP contribution is -2.33. The molecule has 0 aliphatic heterocycles. The molecule has 0 rings (SSSR count). The highest BCUT2D eigenvalue weighted by Crippen LogP contribution is 2.19. The molecule has 0 aromatic rings. The van der Waals surface area contributed by atoms with E-state index in [2.05, 4.69) is 35.1 Å². The molecule has 0 bridgehead atoms. The minimum atomic E-state index is 0.132. The number of halogens is 1. The normalized spacial score (nSPS) is 12.9. The standard InChI is InChI=1S/C10H20BrNOS/c1-4-8(5-2)9(11)6-12-10(13)7-14-3/h8-9H,4-7H2,1-3H3,(H,12,13). The van der Waals surface area contributed by atoms with Gasteiger partial charge in [-0.05, 0) is 12.2 Å². The Hall–Kier alpha value is 0.300. The van der Waals surface area contributed by atoms with Crippen LogP contribution in [0.5, 0.6) is 0 Å². The van der Waals surface area contributed by atoms with E-state index in [0.717, 1.165) is 19.4 Å². The summed E-state index contributed by atoms with van der Waals surface area (Å²) in [6, 6.07) is 0. The summed E-state index contributed by atoms with van der Waals surface area (Å²) in [6.45, 7) is 5.12. The third kappa shape index (κ3) is 5.91. The third-order valence-electron chi connectivity index (χ3n) is 2.33. The first-order chi connectivity index (χ1) is 6.65. The van der Waals surface area contributed by atoms with Crippen molar-refractivity contribution in [3.63, 3.8) is 0 Å². The highest BCUT2D eigenvalue weighted by molar-refractivity contribution is 9.09. The van der Waals surface area contributed by atoms with E-state index in [1.807, 2.05) is 6.26 Å². The van der Waals surface area contributed by atoms with Crippen LogP contribution in [0.2, 0.25) is 0 Å². The molecule has 4 heteroatoms. The van der Waals surface area contributed by atoms with Crippen LogP contribution in [-0.2, 0) is 4.79 Å². The molecule has 0 fully saturated rings. The van der Waals surface area contributed by atoms with E-state index in [1.165, 1.54) is 0 Å². The van der Waals surface area contributed by atoms with Gasteiger partial charge in [0.25, 0.3) is 0 Å². The largest absolute Gasteiger partial charge is 0.354 e. The lowest BCUT2D eigenvalue weighted by Gasteiger charge is -2.19. The summed E-state index contributed by atoms with van der Waals surface area (Å²) in [7, 11) is 0. The number of hydrogen-bond donors (Lipinski definition) is 1. The summed E-state index contributed by atoms with van der Waals surface area (Å²) in [6.07, 6.45) is 4.25. The lowest BCUT2D eigenvalue weighted by molar-refractivity contribution is -0.118. The molecular formula is C10H20BrNOS. The quantitative estimate of drug-likeness (QED) is 0.727. The van der Waals surface area contributed by atoms with E-state index in [-0.39, 0.29) is 5.91 Å². The van der Waals surface area contributed by atoms with Gasteiger partial charge in [0.15, 0.2) is 0 Å². The molecule has 1 N–H and O–H groups in total. The van der Waals surface area contributed by atoms with Crippen molar-refractivity contribution < 1.29 is 4.79 Å². The Morgan fingerprint density at radius 3 is 2.43 bits per heavy atom. The Labute approximate surface area is 99.7 Å². The van der Waals surface area contributed by atoms with E-state index in [1.54, 1.807) is 11.8 Å². The molecule has 1 amide bonds. The SMILES string of the molecule is CCC(CC)C(Br)CNC(=O)CSC. The maximum atomic E-state index is 11.2. The van der Waals surface area contributed by atoms with E-state index in [9.17, 15) is 4.79 Å². The van der Waals surface area contributed by atoms with Gasteiger partial charge < -0.3 is 5.32 Å². The summed E-state index contributed by atoms with van der Waals surface area (Å²) in [5.74, 6) is 1.35. The van der Waals surface area contributed by atoms with Crippen molar-refractivity contribution >= 4 is 33.6 Å². The first kappa shape index (κ1) is 14.3. The molecule has 0 aliphatic carbocycles. The van der Waals surface area contributed by atoms with Crippen molar-refractivity contribution in [2.24, 2.45) is 5.92 Å². The molecule has 0 aromatic heterocycles. The van der Waals surface area contributed by atoms with Crippen LogP contribution in [0.1, 0.15) is 26.7 Å². The summed E-state index contributed by atoms with van der Waals surface area (Å²) < 4.78 is 0. The van der Waals surface area contributed by atoms with E-state index in [4.69, 9.17) is 0 Å². The van der Waals surface area contributed by atoms with Crippen molar-refractivity contribution in [1.29, 1.82) is 0 Å². The van der Waals surface area contributed by atoms with Crippen LogP contribution in [0, 0.1) is 5.92 Å². The fraction of sp³-hybridized carbons (Fsp3) is 0.900. The Morgan fingerprint density at radius 2 is 2.00 bits per heavy atom. The maximum absolute atomic E-state index is 11.2. The third-order valence-corrected chi connectivity index (χ3v) is 3.95. The number of thioether (sulfide) groups is 1. The fourth-order valence-electron chi connectivity index (χ4n) is 1.36. The molecule has 0 spiro atoms. The fourth-order valence-corrected chi connectivity index (χ4v) is 2.63. The van der Waals surface area contributed by atoms with Gasteiger partial charge in [-0.3, -0.25) is 4.79 Å². The lowest BCUT2D eigenvalue weighted by atomic mass is 9.99. The van der Waals surface area contributed by atoms with Crippen LogP contribution in [0.15, 0.2) is 0 Å². The van der Waals surface area contributed by atoms with Crippen LogP contribution in [0.4, 0.5) is 0 Å². The second-order valence-corrected chi connectivity index (χ2v) is 5.37. The van der Waals surface area contributed by atoms with Gasteiger partial charge in [-0.2, -0.15) is 11.8 Å². The summed E-state index contributed by atoms with van der Waals surface area (Å²) >= 11 is 5.18. The summed E-state index contributed by atoms with van der Waals surface area (Å²) in [5.41, 5.74) is 0. The number of rotatable bonds is 7. The van der Waals surface area contributed by atoms with Gasteiger partial charge in [-0.1, -0.05) is 42.6 Å². The average molecular weight is 282 g/mol. The van der Waals surface area contributed by atoms with Gasteiger partial charge in [-0.15, -0.1) is 0 Å². The van der Waals surface area contributed by atoms with Crippen molar-refractivity contribution in [1.82, 2.24) is 5.32 Å². The number of amides is 1. The molecule has 0 aliphatic rings. The van der Waals surface area contributed by atoms with Crippen LogP contribution in [-0.4, -0.2) is 29.3 Å². The molecule has 0 saturated heterocycles. The van der Waals surface area contributed by atoms with Crippen LogP contribution < -0.4 is 5.32 Å². The van der Waals surface area contributed by atoms with Gasteiger partial charge in [0, 0.05) is 11.4 Å².